The second kappa shape index (κ2) is 15.3. The van der Waals surface area contributed by atoms with Crippen LogP contribution < -0.4 is 4.74 Å². The molecule has 3 aromatic carbocycles. The second-order valence-electron chi connectivity index (χ2n) is 14.5. The number of benzene rings is 3. The number of carbonyl (C=O) groups excluding carboxylic acids is 1. The Morgan fingerprint density at radius 2 is 1.88 bits per heavy atom. The van der Waals surface area contributed by atoms with Gasteiger partial charge in [-0.2, -0.15) is 16.9 Å². The number of esters is 1. The summed E-state index contributed by atoms with van der Waals surface area (Å²) in [7, 11) is 1.68. The molecule has 0 fully saturated rings. The summed E-state index contributed by atoms with van der Waals surface area (Å²) in [6.45, 7) is 8.07. The van der Waals surface area contributed by atoms with Gasteiger partial charge in [-0.1, -0.05) is 44.5 Å². The quantitative estimate of drug-likeness (QED) is 0.138. The molecule has 2 unspecified atom stereocenters. The highest BCUT2D eigenvalue weighted by Gasteiger charge is 2.36. The molecule has 1 N–H and O–H groups in total. The summed E-state index contributed by atoms with van der Waals surface area (Å²) in [5, 5.41) is 5.69. The Morgan fingerprint density at radius 1 is 1.08 bits per heavy atom. The minimum atomic E-state index is -2.89. The first-order valence-electron chi connectivity index (χ1n) is 17.6. The molecule has 5 aromatic rings. The van der Waals surface area contributed by atoms with Crippen molar-refractivity contribution in [1.29, 1.82) is 0 Å². The lowest BCUT2D eigenvalue weighted by atomic mass is 9.75. The van der Waals surface area contributed by atoms with Crippen LogP contribution in [0.1, 0.15) is 69.5 Å². The number of hydrogen-bond donors (Lipinski definition) is 1. The number of halogens is 4. The lowest BCUT2D eigenvalue weighted by Gasteiger charge is -2.31. The van der Waals surface area contributed by atoms with E-state index in [-0.39, 0.29) is 41.3 Å². The molecule has 276 valence electrons. The van der Waals surface area contributed by atoms with E-state index in [1.807, 2.05) is 25.1 Å². The van der Waals surface area contributed by atoms with Crippen molar-refractivity contribution in [2.24, 2.45) is 18.4 Å². The van der Waals surface area contributed by atoms with Gasteiger partial charge in [0.2, 0.25) is 0 Å². The number of aryl methyl sites for hydroxylation is 2. The SMILES string of the molecule is CCOC(=O)C(Cc1cccc(C2(C)CCCC(C)(C)CSCCc3c(c(F)cc4[nH]ccc34)Oc3ccc(F)c(c3)-c3nc2nn3C)c1)C(F)F. The number of carbonyl (C=O) groups is 1. The molecule has 0 saturated carbocycles. The van der Waals surface area contributed by atoms with E-state index >= 15 is 8.78 Å². The number of alkyl halides is 2. The van der Waals surface area contributed by atoms with Crippen molar-refractivity contribution >= 4 is 28.6 Å². The van der Waals surface area contributed by atoms with Crippen LogP contribution >= 0.6 is 11.8 Å². The molecular weight excluding hydrogens is 693 g/mol. The fourth-order valence-electron chi connectivity index (χ4n) is 7.01. The van der Waals surface area contributed by atoms with Crippen LogP contribution in [-0.2, 0) is 34.8 Å². The number of ether oxygens (including phenoxy) is 2. The van der Waals surface area contributed by atoms with Gasteiger partial charge in [-0.3, -0.25) is 4.79 Å². The van der Waals surface area contributed by atoms with Crippen LogP contribution in [0.2, 0.25) is 0 Å². The molecule has 7 nitrogen and oxygen atoms in total. The van der Waals surface area contributed by atoms with E-state index in [9.17, 15) is 13.6 Å². The summed E-state index contributed by atoms with van der Waals surface area (Å²) < 4.78 is 72.0. The maximum Gasteiger partial charge on any atom is 0.315 e. The van der Waals surface area contributed by atoms with Gasteiger partial charge in [0.25, 0.3) is 6.43 Å². The molecular formula is C40H44F4N4O3S. The molecule has 1 aliphatic heterocycles. The number of rotatable bonds is 6. The van der Waals surface area contributed by atoms with Crippen LogP contribution in [0.5, 0.6) is 11.5 Å². The van der Waals surface area contributed by atoms with Gasteiger partial charge in [-0.25, -0.2) is 27.2 Å². The number of fused-ring (bicyclic) bond motifs is 8. The highest BCUT2D eigenvalue weighted by molar-refractivity contribution is 7.99. The molecule has 0 amide bonds. The number of aromatic amines is 1. The average molecular weight is 737 g/mol. The summed E-state index contributed by atoms with van der Waals surface area (Å²) in [5.41, 5.74) is 2.06. The first-order valence-corrected chi connectivity index (χ1v) is 18.7. The highest BCUT2D eigenvalue weighted by atomic mass is 32.2. The van der Waals surface area contributed by atoms with Gasteiger partial charge >= 0.3 is 5.97 Å². The highest BCUT2D eigenvalue weighted by Crippen LogP contribution is 2.41. The Labute approximate surface area is 305 Å². The first kappa shape index (κ1) is 37.4. The number of nitrogens with one attached hydrogen (secondary N) is 1. The molecule has 1 aliphatic rings. The summed E-state index contributed by atoms with van der Waals surface area (Å²) in [6, 6.07) is 14.8. The summed E-state index contributed by atoms with van der Waals surface area (Å²) >= 11 is 1.80. The molecule has 2 atom stereocenters. The van der Waals surface area contributed by atoms with Gasteiger partial charge in [-0.05, 0) is 91.8 Å². The summed E-state index contributed by atoms with van der Waals surface area (Å²) in [6.07, 6.45) is 1.56. The van der Waals surface area contributed by atoms with Crippen molar-refractivity contribution in [3.8, 4) is 22.9 Å². The fourth-order valence-corrected chi connectivity index (χ4v) is 8.20. The normalized spacial score (nSPS) is 18.7. The van der Waals surface area contributed by atoms with Crippen LogP contribution in [0.4, 0.5) is 17.6 Å². The van der Waals surface area contributed by atoms with Crippen LogP contribution in [0, 0.1) is 23.0 Å². The molecule has 0 saturated heterocycles. The van der Waals surface area contributed by atoms with Crippen molar-refractivity contribution in [2.75, 3.05) is 18.1 Å². The molecule has 2 aromatic heterocycles. The molecule has 3 heterocycles. The van der Waals surface area contributed by atoms with Crippen LogP contribution in [0.25, 0.3) is 22.3 Å². The van der Waals surface area contributed by atoms with Gasteiger partial charge in [0.05, 0.1) is 17.6 Å². The Kier molecular flexibility index (Phi) is 11.0. The summed E-state index contributed by atoms with van der Waals surface area (Å²) in [5.74, 6) is -0.949. The molecule has 4 bridgehead atoms. The fraction of sp³-hybridized carbons (Fsp3) is 0.425. The van der Waals surface area contributed by atoms with Gasteiger partial charge in [0, 0.05) is 35.8 Å². The van der Waals surface area contributed by atoms with E-state index in [1.54, 1.807) is 44.1 Å². The van der Waals surface area contributed by atoms with E-state index in [0.717, 1.165) is 40.9 Å². The molecule has 0 spiro atoms. The van der Waals surface area contributed by atoms with Crippen molar-refractivity contribution < 1.29 is 31.8 Å². The molecule has 0 aliphatic carbocycles. The predicted octanol–water partition coefficient (Wildman–Crippen LogP) is 9.81. The number of aromatic nitrogens is 4. The maximum atomic E-state index is 15.7. The van der Waals surface area contributed by atoms with E-state index in [4.69, 9.17) is 19.6 Å². The number of hydrogen-bond acceptors (Lipinski definition) is 6. The summed E-state index contributed by atoms with van der Waals surface area (Å²) in [4.78, 5) is 20.4. The molecule has 52 heavy (non-hydrogen) atoms. The smallest absolute Gasteiger partial charge is 0.315 e. The minimum absolute atomic E-state index is 0.0135. The first-order chi connectivity index (χ1) is 24.8. The Balaban J connectivity index is 1.44. The molecule has 0 radical (unpaired) electrons. The lowest BCUT2D eigenvalue weighted by molar-refractivity contribution is -0.153. The number of H-pyrrole nitrogens is 1. The van der Waals surface area contributed by atoms with Crippen molar-refractivity contribution in [3.63, 3.8) is 0 Å². The minimum Gasteiger partial charge on any atom is -0.466 e. The van der Waals surface area contributed by atoms with Gasteiger partial charge in [0.15, 0.2) is 23.2 Å². The third kappa shape index (κ3) is 7.86. The lowest BCUT2D eigenvalue weighted by Crippen LogP contribution is -2.28. The zero-order valence-corrected chi connectivity index (χ0v) is 30.9. The van der Waals surface area contributed by atoms with Crippen molar-refractivity contribution in [1.82, 2.24) is 19.7 Å². The number of nitrogens with zero attached hydrogens (tertiary/aromatic N) is 3. The Bertz CT molecular complexity index is 2060. The third-order valence-corrected chi connectivity index (χ3v) is 11.4. The van der Waals surface area contributed by atoms with Crippen molar-refractivity contribution in [3.05, 3.63) is 94.9 Å². The van der Waals surface area contributed by atoms with Crippen LogP contribution in [0.3, 0.4) is 0 Å². The second-order valence-corrected chi connectivity index (χ2v) is 15.6. The zero-order chi connectivity index (χ0) is 37.2. The maximum absolute atomic E-state index is 15.7. The van der Waals surface area contributed by atoms with Crippen LogP contribution in [0.15, 0.2) is 60.8 Å². The van der Waals surface area contributed by atoms with Crippen molar-refractivity contribution in [2.45, 2.75) is 71.6 Å². The Morgan fingerprint density at radius 3 is 2.65 bits per heavy atom. The van der Waals surface area contributed by atoms with E-state index < -0.39 is 35.4 Å². The van der Waals surface area contributed by atoms with E-state index in [1.165, 1.54) is 28.9 Å². The van der Waals surface area contributed by atoms with E-state index in [0.29, 0.717) is 29.7 Å². The molecule has 12 heteroatoms. The largest absolute Gasteiger partial charge is 0.466 e. The van der Waals surface area contributed by atoms with Crippen LogP contribution in [-0.4, -0.2) is 50.3 Å². The number of thioether (sulfide) groups is 1. The zero-order valence-electron chi connectivity index (χ0n) is 30.1. The van der Waals surface area contributed by atoms with E-state index in [2.05, 4.69) is 18.8 Å². The predicted molar refractivity (Wildman–Crippen MR) is 196 cm³/mol. The Hall–Kier alpha value is -4.32. The topological polar surface area (TPSA) is 82.0 Å². The standard InChI is InChI=1S/C40H44F4N4O3S/c1-6-50-37(49)30(35(43)44)20-24-9-7-10-25(19-24)40(4)16-8-15-39(2,3)23-52-18-14-28-27-13-17-45-33(27)22-32(42)34(28)51-26-11-12-31(41)29(21-26)36-46-38(40)47-48(36)5/h7,9-13,17,19,21-22,30,35,45H,6,8,14-16,18,20,23H2,1-5H3. The van der Waals surface area contributed by atoms with Gasteiger partial charge in [0.1, 0.15) is 17.5 Å². The monoisotopic (exact) mass is 736 g/mol. The third-order valence-electron chi connectivity index (χ3n) is 9.95. The van der Waals surface area contributed by atoms with Gasteiger partial charge in [-0.15, -0.1) is 0 Å². The average Bonchev–Trinajstić information content (AvgIpc) is 3.73. The van der Waals surface area contributed by atoms with Gasteiger partial charge < -0.3 is 14.5 Å². The molecule has 6 rings (SSSR count).